The van der Waals surface area contributed by atoms with Crippen molar-refractivity contribution in [3.63, 3.8) is 0 Å². The first-order valence-corrected chi connectivity index (χ1v) is 6.72. The molecule has 0 bridgehead atoms. The molecule has 1 aliphatic heterocycles. The van der Waals surface area contributed by atoms with E-state index in [-0.39, 0.29) is 5.52 Å². The summed E-state index contributed by atoms with van der Waals surface area (Å²) in [5, 5.41) is 0. The van der Waals surface area contributed by atoms with Gasteiger partial charge in [-0.05, 0) is 50.6 Å². The number of rotatable bonds is 2. The molecule has 1 aliphatic rings. The lowest BCUT2D eigenvalue weighted by Gasteiger charge is -2.16. The summed E-state index contributed by atoms with van der Waals surface area (Å²) in [7, 11) is 0. The van der Waals surface area contributed by atoms with Gasteiger partial charge in [-0.2, -0.15) is 13.2 Å². The van der Waals surface area contributed by atoms with E-state index in [1.54, 1.807) is 13.0 Å². The van der Waals surface area contributed by atoms with Gasteiger partial charge in [-0.15, -0.1) is 0 Å². The smallest absolute Gasteiger partial charge is 0.342 e. The highest BCUT2D eigenvalue weighted by Crippen LogP contribution is 2.35. The summed E-state index contributed by atoms with van der Waals surface area (Å²) in [5.41, 5.74) is 0.537. The second-order valence-electron chi connectivity index (χ2n) is 5.34. The number of nitrogens with one attached hydrogen (secondary N) is 1. The number of imidazole rings is 1. The van der Waals surface area contributed by atoms with E-state index in [1.165, 1.54) is 6.07 Å². The molecular formula is C14H16F3N3. The molecule has 1 saturated heterocycles. The summed E-state index contributed by atoms with van der Waals surface area (Å²) < 4.78 is 39.5. The molecule has 3 nitrogen and oxygen atoms in total. The Morgan fingerprint density at radius 1 is 1.25 bits per heavy atom. The van der Waals surface area contributed by atoms with Gasteiger partial charge in [0.1, 0.15) is 5.82 Å². The lowest BCUT2D eigenvalue weighted by molar-refractivity contribution is -0.136. The topological polar surface area (TPSA) is 31.9 Å². The van der Waals surface area contributed by atoms with E-state index < -0.39 is 11.7 Å². The van der Waals surface area contributed by atoms with Crippen molar-refractivity contribution in [2.45, 2.75) is 32.5 Å². The van der Waals surface area contributed by atoms with Gasteiger partial charge in [0.2, 0.25) is 0 Å². The van der Waals surface area contributed by atoms with E-state index in [1.807, 2.05) is 0 Å². The van der Waals surface area contributed by atoms with Gasteiger partial charge in [0.05, 0.1) is 16.6 Å². The Hall–Kier alpha value is -1.56. The van der Waals surface area contributed by atoms with E-state index in [9.17, 15) is 13.2 Å². The van der Waals surface area contributed by atoms with Crippen LogP contribution in [0.1, 0.15) is 29.8 Å². The largest absolute Gasteiger partial charge is 0.418 e. The zero-order valence-electron chi connectivity index (χ0n) is 11.2. The Morgan fingerprint density at radius 2 is 1.95 bits per heavy atom. The van der Waals surface area contributed by atoms with Crippen LogP contribution in [0.4, 0.5) is 13.2 Å². The van der Waals surface area contributed by atoms with Crippen molar-refractivity contribution >= 4 is 11.0 Å². The van der Waals surface area contributed by atoms with Crippen molar-refractivity contribution < 1.29 is 13.2 Å². The molecule has 6 heteroatoms. The third kappa shape index (κ3) is 2.52. The number of halogens is 3. The first-order valence-electron chi connectivity index (χ1n) is 6.72. The quantitative estimate of drug-likeness (QED) is 0.915. The molecule has 2 heterocycles. The van der Waals surface area contributed by atoms with Gasteiger partial charge in [0, 0.05) is 6.54 Å². The minimum atomic E-state index is -4.36. The van der Waals surface area contributed by atoms with Gasteiger partial charge in [0.15, 0.2) is 0 Å². The van der Waals surface area contributed by atoms with Gasteiger partial charge in [-0.1, -0.05) is 0 Å². The number of aryl methyl sites for hydroxylation is 1. The van der Waals surface area contributed by atoms with Gasteiger partial charge in [0.25, 0.3) is 0 Å². The Labute approximate surface area is 114 Å². The third-order valence-electron chi connectivity index (χ3n) is 3.68. The highest BCUT2D eigenvalue weighted by molar-refractivity contribution is 5.80. The Bertz CT molecular complexity index is 624. The highest BCUT2D eigenvalue weighted by atomic mass is 19.4. The van der Waals surface area contributed by atoms with Crippen molar-refractivity contribution in [1.29, 1.82) is 0 Å². The zero-order chi connectivity index (χ0) is 14.3. The van der Waals surface area contributed by atoms with Gasteiger partial charge in [-0.3, -0.25) is 4.90 Å². The summed E-state index contributed by atoms with van der Waals surface area (Å²) in [4.78, 5) is 9.04. The van der Waals surface area contributed by atoms with Crippen LogP contribution in [0.5, 0.6) is 0 Å². The second-order valence-corrected chi connectivity index (χ2v) is 5.34. The van der Waals surface area contributed by atoms with Crippen LogP contribution in [0.2, 0.25) is 0 Å². The number of H-pyrrole nitrogens is 1. The lowest BCUT2D eigenvalue weighted by Crippen LogP contribution is -2.19. The molecule has 20 heavy (non-hydrogen) atoms. The molecular weight excluding hydrogens is 267 g/mol. The normalized spacial score (nSPS) is 17.2. The SMILES string of the molecule is Cc1nc2cc(CN3CCCC3)cc(C(F)(F)F)c2[nH]1. The molecule has 1 N–H and O–H groups in total. The number of benzene rings is 1. The first kappa shape index (κ1) is 13.4. The molecule has 0 saturated carbocycles. The van der Waals surface area contributed by atoms with Gasteiger partial charge >= 0.3 is 6.18 Å². The molecule has 3 rings (SSSR count). The van der Waals surface area contributed by atoms with Crippen LogP contribution in [0.25, 0.3) is 11.0 Å². The predicted molar refractivity (Wildman–Crippen MR) is 70.3 cm³/mol. The van der Waals surface area contributed by atoms with Crippen LogP contribution < -0.4 is 0 Å². The number of fused-ring (bicyclic) bond motifs is 1. The molecule has 0 radical (unpaired) electrons. The molecule has 1 aromatic carbocycles. The monoisotopic (exact) mass is 283 g/mol. The summed E-state index contributed by atoms with van der Waals surface area (Å²) >= 11 is 0. The molecule has 0 aliphatic carbocycles. The van der Waals surface area contributed by atoms with E-state index in [0.29, 0.717) is 23.4 Å². The Balaban J connectivity index is 2.04. The van der Waals surface area contributed by atoms with Crippen LogP contribution in [0.3, 0.4) is 0 Å². The molecule has 1 fully saturated rings. The molecule has 108 valence electrons. The number of hydrogen-bond acceptors (Lipinski definition) is 2. The van der Waals surface area contributed by atoms with Crippen LogP contribution in [-0.4, -0.2) is 28.0 Å². The van der Waals surface area contributed by atoms with Crippen LogP contribution in [0, 0.1) is 6.92 Å². The number of hydrogen-bond donors (Lipinski definition) is 1. The summed E-state index contributed by atoms with van der Waals surface area (Å²) in [5.74, 6) is 0.504. The van der Waals surface area contributed by atoms with E-state index >= 15 is 0 Å². The maximum absolute atomic E-state index is 13.2. The summed E-state index contributed by atoms with van der Waals surface area (Å²) in [6, 6.07) is 3.00. The maximum Gasteiger partial charge on any atom is 0.418 e. The number of alkyl halides is 3. The predicted octanol–water partition coefficient (Wildman–Crippen LogP) is 3.49. The van der Waals surface area contributed by atoms with E-state index in [0.717, 1.165) is 25.9 Å². The number of aromatic nitrogens is 2. The fraction of sp³-hybridized carbons (Fsp3) is 0.500. The van der Waals surface area contributed by atoms with Crippen LogP contribution in [0.15, 0.2) is 12.1 Å². The molecule has 1 aromatic heterocycles. The first-order chi connectivity index (χ1) is 9.43. The molecule has 0 unspecified atom stereocenters. The maximum atomic E-state index is 13.2. The van der Waals surface area contributed by atoms with Crippen molar-refractivity contribution in [3.8, 4) is 0 Å². The molecule has 0 spiro atoms. The zero-order valence-corrected chi connectivity index (χ0v) is 11.2. The van der Waals surface area contributed by atoms with Crippen molar-refractivity contribution in [3.05, 3.63) is 29.1 Å². The minimum absolute atomic E-state index is 0.0835. The minimum Gasteiger partial charge on any atom is -0.342 e. The average molecular weight is 283 g/mol. The van der Waals surface area contributed by atoms with Gasteiger partial charge < -0.3 is 4.98 Å². The standard InChI is InChI=1S/C14H16F3N3/c1-9-18-12-7-10(8-20-4-2-3-5-20)6-11(13(12)19-9)14(15,16)17/h6-7H,2-5,8H2,1H3,(H,18,19). The van der Waals surface area contributed by atoms with Crippen LogP contribution >= 0.6 is 0 Å². The third-order valence-corrected chi connectivity index (χ3v) is 3.68. The van der Waals surface area contributed by atoms with Crippen molar-refractivity contribution in [2.75, 3.05) is 13.1 Å². The van der Waals surface area contributed by atoms with Crippen molar-refractivity contribution in [2.24, 2.45) is 0 Å². The summed E-state index contributed by atoms with van der Waals surface area (Å²) in [6.45, 7) is 4.14. The molecule has 2 aromatic rings. The van der Waals surface area contributed by atoms with E-state index in [4.69, 9.17) is 0 Å². The average Bonchev–Trinajstić information content (AvgIpc) is 2.95. The van der Waals surface area contributed by atoms with Crippen LogP contribution in [-0.2, 0) is 12.7 Å². The molecule has 0 amide bonds. The van der Waals surface area contributed by atoms with E-state index in [2.05, 4.69) is 14.9 Å². The highest BCUT2D eigenvalue weighted by Gasteiger charge is 2.34. The number of aromatic amines is 1. The Kier molecular flexibility index (Phi) is 3.20. The number of nitrogens with zero attached hydrogens (tertiary/aromatic N) is 2. The fourth-order valence-corrected chi connectivity index (χ4v) is 2.81. The molecule has 0 atom stereocenters. The number of likely N-dealkylation sites (tertiary alicyclic amines) is 1. The summed E-state index contributed by atoms with van der Waals surface area (Å²) in [6.07, 6.45) is -2.12. The van der Waals surface area contributed by atoms with Crippen molar-refractivity contribution in [1.82, 2.24) is 14.9 Å². The second kappa shape index (κ2) is 4.77. The van der Waals surface area contributed by atoms with Gasteiger partial charge in [-0.25, -0.2) is 4.98 Å². The fourth-order valence-electron chi connectivity index (χ4n) is 2.81. The lowest BCUT2D eigenvalue weighted by atomic mass is 10.1. The Morgan fingerprint density at radius 3 is 2.60 bits per heavy atom.